The van der Waals surface area contributed by atoms with Gasteiger partial charge in [-0.1, -0.05) is 60.7 Å². The predicted molar refractivity (Wildman–Crippen MR) is 113 cm³/mol. The van der Waals surface area contributed by atoms with E-state index in [9.17, 15) is 0 Å². The average molecular weight is 360 g/mol. The maximum atomic E-state index is 6.02. The molecule has 0 spiro atoms. The van der Waals surface area contributed by atoms with E-state index < -0.39 is 0 Å². The number of nitrogens with zero attached hydrogens (tertiary/aromatic N) is 1. The van der Waals surface area contributed by atoms with Crippen molar-refractivity contribution >= 4 is 22.7 Å². The maximum Gasteiger partial charge on any atom is 0.0451 e. The molecule has 0 aliphatic rings. The molecule has 0 bridgehead atoms. The summed E-state index contributed by atoms with van der Waals surface area (Å²) in [6.07, 6.45) is 4.02. The van der Waals surface area contributed by atoms with Gasteiger partial charge in [0.25, 0.3) is 0 Å². The van der Waals surface area contributed by atoms with Crippen LogP contribution < -0.4 is 0 Å². The molecule has 1 aromatic heterocycles. The topological polar surface area (TPSA) is 12.9 Å². The molecular weight excluding hydrogens is 338 g/mol. The number of aromatic nitrogens is 1. The second-order valence-corrected chi connectivity index (χ2v) is 6.80. The smallest absolute Gasteiger partial charge is 0.0451 e. The number of halogens is 1. The van der Waals surface area contributed by atoms with Gasteiger partial charge in [-0.15, -0.1) is 0 Å². The van der Waals surface area contributed by atoms with Crippen molar-refractivity contribution in [2.75, 3.05) is 0 Å². The number of benzene rings is 2. The summed E-state index contributed by atoms with van der Waals surface area (Å²) < 4.78 is 0. The fourth-order valence-electron chi connectivity index (χ4n) is 3.15. The summed E-state index contributed by atoms with van der Waals surface area (Å²) in [5.74, 6) is 0. The monoisotopic (exact) mass is 359 g/mol. The van der Waals surface area contributed by atoms with Gasteiger partial charge in [0.05, 0.1) is 0 Å². The Kier molecular flexibility index (Phi) is 5.39. The zero-order valence-corrected chi connectivity index (χ0v) is 16.1. The van der Waals surface area contributed by atoms with Gasteiger partial charge in [0.2, 0.25) is 0 Å². The Balaban J connectivity index is 2.06. The second-order valence-electron chi connectivity index (χ2n) is 6.36. The van der Waals surface area contributed by atoms with E-state index in [0.29, 0.717) is 0 Å². The molecule has 3 aromatic rings. The van der Waals surface area contributed by atoms with Crippen molar-refractivity contribution in [3.63, 3.8) is 0 Å². The third kappa shape index (κ3) is 3.63. The number of aryl methyl sites for hydroxylation is 2. The summed E-state index contributed by atoms with van der Waals surface area (Å²) in [6, 6.07) is 18.4. The molecule has 2 heteroatoms. The van der Waals surface area contributed by atoms with Gasteiger partial charge in [-0.2, -0.15) is 0 Å². The lowest BCUT2D eigenvalue weighted by molar-refractivity contribution is 1.18. The first-order valence-corrected chi connectivity index (χ1v) is 9.03. The standard InChI is InChI=1S/C24H22ClN/c1-5-22(17(3)23-9-7-6-8-16(23)2)24-14-20(15-26-18(24)4)19-10-12-21(25)13-11-19/h5-15H,3H2,1-2,4H3/b22-5-. The summed E-state index contributed by atoms with van der Waals surface area (Å²) in [5.41, 5.74) is 8.77. The van der Waals surface area contributed by atoms with Crippen LogP contribution in [0.5, 0.6) is 0 Å². The number of rotatable bonds is 4. The summed E-state index contributed by atoms with van der Waals surface area (Å²) in [4.78, 5) is 4.63. The zero-order chi connectivity index (χ0) is 18.7. The molecule has 0 aliphatic carbocycles. The highest BCUT2D eigenvalue weighted by molar-refractivity contribution is 6.30. The van der Waals surface area contributed by atoms with Crippen LogP contribution in [0.4, 0.5) is 0 Å². The second kappa shape index (κ2) is 7.72. The molecule has 130 valence electrons. The first-order chi connectivity index (χ1) is 12.5. The number of pyridine rings is 1. The maximum absolute atomic E-state index is 6.02. The minimum absolute atomic E-state index is 0.733. The van der Waals surface area contributed by atoms with E-state index in [1.165, 1.54) is 5.56 Å². The van der Waals surface area contributed by atoms with Crippen molar-refractivity contribution in [3.8, 4) is 11.1 Å². The van der Waals surface area contributed by atoms with Gasteiger partial charge in [0, 0.05) is 28.0 Å². The molecule has 0 saturated carbocycles. The quantitative estimate of drug-likeness (QED) is 0.451. The molecule has 0 N–H and O–H groups in total. The number of hydrogen-bond donors (Lipinski definition) is 0. The first-order valence-electron chi connectivity index (χ1n) is 8.66. The summed E-state index contributed by atoms with van der Waals surface area (Å²) in [5, 5.41) is 0.733. The van der Waals surface area contributed by atoms with Crippen molar-refractivity contribution in [3.05, 3.63) is 101 Å². The van der Waals surface area contributed by atoms with Crippen molar-refractivity contribution in [1.82, 2.24) is 4.98 Å². The lowest BCUT2D eigenvalue weighted by atomic mass is 9.89. The van der Waals surface area contributed by atoms with Crippen LogP contribution in [0.15, 0.2) is 73.4 Å². The van der Waals surface area contributed by atoms with E-state index in [4.69, 9.17) is 11.6 Å². The van der Waals surface area contributed by atoms with Crippen LogP contribution in [0, 0.1) is 13.8 Å². The third-order valence-electron chi connectivity index (χ3n) is 4.64. The van der Waals surface area contributed by atoms with E-state index in [0.717, 1.165) is 44.1 Å². The molecular formula is C24H22ClN. The van der Waals surface area contributed by atoms with E-state index in [2.05, 4.69) is 54.9 Å². The van der Waals surface area contributed by atoms with Gasteiger partial charge < -0.3 is 0 Å². The van der Waals surface area contributed by atoms with Crippen LogP contribution in [-0.2, 0) is 0 Å². The van der Waals surface area contributed by atoms with Crippen molar-refractivity contribution in [2.24, 2.45) is 0 Å². The molecule has 0 saturated heterocycles. The molecule has 0 fully saturated rings. The summed E-state index contributed by atoms with van der Waals surface area (Å²) >= 11 is 6.02. The van der Waals surface area contributed by atoms with Crippen LogP contribution in [0.2, 0.25) is 5.02 Å². The molecule has 3 rings (SSSR count). The van der Waals surface area contributed by atoms with Crippen LogP contribution in [-0.4, -0.2) is 4.98 Å². The normalized spacial score (nSPS) is 11.5. The Labute approximate surface area is 160 Å². The van der Waals surface area contributed by atoms with Crippen molar-refractivity contribution < 1.29 is 0 Å². The largest absolute Gasteiger partial charge is 0.260 e. The highest BCUT2D eigenvalue weighted by Gasteiger charge is 2.13. The number of allylic oxidation sites excluding steroid dienone is 3. The Morgan fingerprint density at radius 2 is 1.65 bits per heavy atom. The molecule has 0 amide bonds. The zero-order valence-electron chi connectivity index (χ0n) is 15.4. The van der Waals surface area contributed by atoms with Crippen molar-refractivity contribution in [1.29, 1.82) is 0 Å². The molecule has 2 aromatic carbocycles. The molecule has 0 unspecified atom stereocenters. The minimum Gasteiger partial charge on any atom is -0.260 e. The van der Waals surface area contributed by atoms with Gasteiger partial charge in [-0.05, 0) is 66.8 Å². The highest BCUT2D eigenvalue weighted by atomic mass is 35.5. The van der Waals surface area contributed by atoms with E-state index in [1.807, 2.05) is 44.3 Å². The Bertz CT molecular complexity index is 981. The Morgan fingerprint density at radius 3 is 2.31 bits per heavy atom. The first kappa shape index (κ1) is 18.2. The fraction of sp³-hybridized carbons (Fsp3) is 0.125. The Hall–Kier alpha value is -2.64. The lowest BCUT2D eigenvalue weighted by Crippen LogP contribution is -1.97. The van der Waals surface area contributed by atoms with Gasteiger partial charge >= 0.3 is 0 Å². The SMILES string of the molecule is C=C(/C(=C/C)c1cc(-c2ccc(Cl)cc2)cnc1C)c1ccccc1C. The molecule has 0 aliphatic heterocycles. The lowest BCUT2D eigenvalue weighted by Gasteiger charge is -2.16. The van der Waals surface area contributed by atoms with Gasteiger partial charge in [-0.3, -0.25) is 4.98 Å². The Morgan fingerprint density at radius 1 is 0.962 bits per heavy atom. The molecule has 0 atom stereocenters. The molecule has 1 heterocycles. The summed E-state index contributed by atoms with van der Waals surface area (Å²) in [6.45, 7) is 10.6. The van der Waals surface area contributed by atoms with E-state index >= 15 is 0 Å². The molecule has 1 nitrogen and oxygen atoms in total. The van der Waals surface area contributed by atoms with Gasteiger partial charge in [-0.25, -0.2) is 0 Å². The van der Waals surface area contributed by atoms with Crippen LogP contribution >= 0.6 is 11.6 Å². The third-order valence-corrected chi connectivity index (χ3v) is 4.89. The minimum atomic E-state index is 0.733. The molecule has 0 radical (unpaired) electrons. The average Bonchev–Trinajstić information content (AvgIpc) is 2.65. The number of hydrogen-bond acceptors (Lipinski definition) is 1. The van der Waals surface area contributed by atoms with E-state index in [1.54, 1.807) is 0 Å². The van der Waals surface area contributed by atoms with Crippen LogP contribution in [0.3, 0.4) is 0 Å². The van der Waals surface area contributed by atoms with Crippen molar-refractivity contribution in [2.45, 2.75) is 20.8 Å². The van der Waals surface area contributed by atoms with Crippen LogP contribution in [0.25, 0.3) is 22.3 Å². The van der Waals surface area contributed by atoms with Gasteiger partial charge in [0.15, 0.2) is 0 Å². The van der Waals surface area contributed by atoms with E-state index in [-0.39, 0.29) is 0 Å². The predicted octanol–water partition coefficient (Wildman–Crippen LogP) is 7.14. The summed E-state index contributed by atoms with van der Waals surface area (Å²) in [7, 11) is 0. The fourth-order valence-corrected chi connectivity index (χ4v) is 3.28. The highest BCUT2D eigenvalue weighted by Crippen LogP contribution is 2.34. The van der Waals surface area contributed by atoms with Gasteiger partial charge in [0.1, 0.15) is 0 Å². The van der Waals surface area contributed by atoms with Crippen LogP contribution in [0.1, 0.15) is 29.3 Å². The molecule has 26 heavy (non-hydrogen) atoms.